The number of thiophene rings is 1. The zero-order valence-corrected chi connectivity index (χ0v) is 13.0. The largest absolute Gasteiger partial charge is 0.326 e. The molecule has 18 heavy (non-hydrogen) atoms. The second kappa shape index (κ2) is 8.16. The topological polar surface area (TPSA) is 72.2 Å². The van der Waals surface area contributed by atoms with Crippen LogP contribution in [0.4, 0.5) is 0 Å². The zero-order chi connectivity index (χ0) is 13.4. The summed E-state index contributed by atoms with van der Waals surface area (Å²) >= 11 is 3.05. The summed E-state index contributed by atoms with van der Waals surface area (Å²) in [6.07, 6.45) is 5.16. The van der Waals surface area contributed by atoms with Crippen LogP contribution in [-0.2, 0) is 16.6 Å². The normalized spacial score (nSPS) is 11.9. The molecule has 0 radical (unpaired) electrons. The lowest BCUT2D eigenvalue weighted by atomic mass is 10.2. The van der Waals surface area contributed by atoms with E-state index in [0.717, 1.165) is 29.9 Å². The Hall–Kier alpha value is -0.0800. The summed E-state index contributed by atoms with van der Waals surface area (Å²) < 4.78 is 26.8. The fourth-order valence-electron chi connectivity index (χ4n) is 1.44. The molecule has 0 saturated carbocycles. The van der Waals surface area contributed by atoms with Crippen LogP contribution >= 0.6 is 23.1 Å². The molecule has 0 aromatic carbocycles. The maximum Gasteiger partial charge on any atom is 0.250 e. The Labute approximate surface area is 117 Å². The first kappa shape index (κ1) is 16.0. The smallest absolute Gasteiger partial charge is 0.250 e. The van der Waals surface area contributed by atoms with Crippen LogP contribution in [0.3, 0.4) is 0 Å². The monoisotopic (exact) mass is 308 g/mol. The van der Waals surface area contributed by atoms with Gasteiger partial charge in [0.1, 0.15) is 4.21 Å². The van der Waals surface area contributed by atoms with E-state index in [-0.39, 0.29) is 0 Å². The van der Waals surface area contributed by atoms with E-state index in [2.05, 4.69) is 11.0 Å². The van der Waals surface area contributed by atoms with Crippen LogP contribution in [0.15, 0.2) is 16.3 Å². The first-order valence-corrected chi connectivity index (χ1v) is 9.57. The molecule has 1 rings (SSSR count). The third-order valence-corrected chi connectivity index (χ3v) is 6.18. The maximum atomic E-state index is 11.9. The van der Waals surface area contributed by atoms with Crippen molar-refractivity contribution in [1.29, 1.82) is 0 Å². The number of rotatable bonds is 9. The molecule has 0 aliphatic heterocycles. The first-order chi connectivity index (χ1) is 8.60. The molecule has 7 heteroatoms. The highest BCUT2D eigenvalue weighted by atomic mass is 32.2. The van der Waals surface area contributed by atoms with Gasteiger partial charge in [-0.3, -0.25) is 0 Å². The van der Waals surface area contributed by atoms with Gasteiger partial charge in [0.05, 0.1) is 0 Å². The van der Waals surface area contributed by atoms with Crippen LogP contribution in [0, 0.1) is 0 Å². The van der Waals surface area contributed by atoms with Gasteiger partial charge in [-0.1, -0.05) is 6.42 Å². The average molecular weight is 308 g/mol. The van der Waals surface area contributed by atoms with Gasteiger partial charge in [0.2, 0.25) is 10.0 Å². The molecule has 0 bridgehead atoms. The van der Waals surface area contributed by atoms with Crippen molar-refractivity contribution < 1.29 is 8.42 Å². The Balaban J connectivity index is 2.36. The van der Waals surface area contributed by atoms with Crippen molar-refractivity contribution in [3.8, 4) is 0 Å². The molecule has 0 spiro atoms. The van der Waals surface area contributed by atoms with Crippen LogP contribution < -0.4 is 10.5 Å². The van der Waals surface area contributed by atoms with Crippen molar-refractivity contribution in [2.75, 3.05) is 18.6 Å². The minimum Gasteiger partial charge on any atom is -0.326 e. The van der Waals surface area contributed by atoms with E-state index in [1.807, 2.05) is 11.8 Å². The number of unbranched alkanes of at least 4 members (excludes halogenated alkanes) is 2. The summed E-state index contributed by atoms with van der Waals surface area (Å²) in [5, 5.41) is 0. The summed E-state index contributed by atoms with van der Waals surface area (Å²) in [6, 6.07) is 3.38. The van der Waals surface area contributed by atoms with Gasteiger partial charge in [0.25, 0.3) is 0 Å². The van der Waals surface area contributed by atoms with Crippen molar-refractivity contribution in [3.63, 3.8) is 0 Å². The van der Waals surface area contributed by atoms with E-state index in [1.54, 1.807) is 12.1 Å². The van der Waals surface area contributed by atoms with Gasteiger partial charge in [-0.2, -0.15) is 11.8 Å². The van der Waals surface area contributed by atoms with Crippen molar-refractivity contribution >= 4 is 33.1 Å². The third kappa shape index (κ3) is 5.27. The van der Waals surface area contributed by atoms with Crippen LogP contribution in [0.1, 0.15) is 24.1 Å². The molecular formula is C11H20N2O2S3. The lowest BCUT2D eigenvalue weighted by molar-refractivity contribution is 0.578. The quantitative estimate of drug-likeness (QED) is 0.685. The van der Waals surface area contributed by atoms with E-state index in [9.17, 15) is 8.42 Å². The Bertz CT molecular complexity index is 443. The molecule has 0 aliphatic rings. The standard InChI is InChI=1S/C11H20N2O2S3/c1-16-8-4-2-3-7-13-18(14,15)11-6-5-10(9-12)17-11/h5-6,13H,2-4,7-9,12H2,1H3. The molecule has 1 aromatic rings. The second-order valence-electron chi connectivity index (χ2n) is 3.88. The van der Waals surface area contributed by atoms with Crippen LogP contribution in [0.5, 0.6) is 0 Å². The van der Waals surface area contributed by atoms with Gasteiger partial charge in [0.15, 0.2) is 0 Å². The van der Waals surface area contributed by atoms with E-state index in [0.29, 0.717) is 17.3 Å². The van der Waals surface area contributed by atoms with Crippen molar-refractivity contribution in [2.45, 2.75) is 30.0 Å². The van der Waals surface area contributed by atoms with Crippen LogP contribution in [0.25, 0.3) is 0 Å². The Morgan fingerprint density at radius 3 is 2.72 bits per heavy atom. The summed E-state index contributed by atoms with van der Waals surface area (Å²) in [7, 11) is -3.33. The van der Waals surface area contributed by atoms with Crippen molar-refractivity contribution in [3.05, 3.63) is 17.0 Å². The zero-order valence-electron chi connectivity index (χ0n) is 10.5. The molecule has 4 nitrogen and oxygen atoms in total. The summed E-state index contributed by atoms with van der Waals surface area (Å²) in [4.78, 5) is 0.885. The van der Waals surface area contributed by atoms with E-state index >= 15 is 0 Å². The molecule has 0 atom stereocenters. The van der Waals surface area contributed by atoms with Gasteiger partial charge in [-0.05, 0) is 37.0 Å². The Morgan fingerprint density at radius 1 is 1.33 bits per heavy atom. The van der Waals surface area contributed by atoms with Crippen molar-refractivity contribution in [1.82, 2.24) is 4.72 Å². The minimum absolute atomic E-state index is 0.354. The average Bonchev–Trinajstić information content (AvgIpc) is 2.83. The molecule has 1 aromatic heterocycles. The SMILES string of the molecule is CSCCCCCNS(=O)(=O)c1ccc(CN)s1. The van der Waals surface area contributed by atoms with Crippen LogP contribution in [-0.4, -0.2) is 27.0 Å². The molecule has 0 amide bonds. The summed E-state index contributed by atoms with van der Waals surface area (Å²) in [5.74, 6) is 1.14. The summed E-state index contributed by atoms with van der Waals surface area (Å²) in [6.45, 7) is 0.890. The van der Waals surface area contributed by atoms with E-state index in [1.165, 1.54) is 11.3 Å². The van der Waals surface area contributed by atoms with E-state index in [4.69, 9.17) is 5.73 Å². The Morgan fingerprint density at radius 2 is 2.11 bits per heavy atom. The second-order valence-corrected chi connectivity index (χ2v) is 8.02. The number of thioether (sulfide) groups is 1. The number of nitrogens with one attached hydrogen (secondary N) is 1. The van der Waals surface area contributed by atoms with E-state index < -0.39 is 10.0 Å². The molecule has 1 heterocycles. The van der Waals surface area contributed by atoms with Gasteiger partial charge < -0.3 is 5.73 Å². The lowest BCUT2D eigenvalue weighted by Crippen LogP contribution is -2.24. The predicted octanol–water partition coefficient (Wildman–Crippen LogP) is 2.02. The highest BCUT2D eigenvalue weighted by Crippen LogP contribution is 2.20. The highest BCUT2D eigenvalue weighted by Gasteiger charge is 2.15. The molecule has 0 unspecified atom stereocenters. The molecular weight excluding hydrogens is 288 g/mol. The number of hydrogen-bond donors (Lipinski definition) is 2. The fourth-order valence-corrected chi connectivity index (χ4v) is 4.28. The third-order valence-electron chi connectivity index (χ3n) is 2.42. The van der Waals surface area contributed by atoms with Gasteiger partial charge >= 0.3 is 0 Å². The van der Waals surface area contributed by atoms with Crippen LogP contribution in [0.2, 0.25) is 0 Å². The molecule has 0 fully saturated rings. The van der Waals surface area contributed by atoms with Gasteiger partial charge in [-0.25, -0.2) is 13.1 Å². The Kier molecular flexibility index (Phi) is 7.25. The predicted molar refractivity (Wildman–Crippen MR) is 79.6 cm³/mol. The summed E-state index contributed by atoms with van der Waals surface area (Å²) in [5.41, 5.74) is 5.47. The number of sulfonamides is 1. The number of hydrogen-bond acceptors (Lipinski definition) is 5. The number of nitrogens with two attached hydrogens (primary N) is 1. The van der Waals surface area contributed by atoms with Gasteiger partial charge in [-0.15, -0.1) is 11.3 Å². The molecule has 104 valence electrons. The lowest BCUT2D eigenvalue weighted by Gasteiger charge is -2.04. The fraction of sp³-hybridized carbons (Fsp3) is 0.636. The highest BCUT2D eigenvalue weighted by molar-refractivity contribution is 7.98. The molecule has 0 aliphatic carbocycles. The minimum atomic E-state index is -3.33. The van der Waals surface area contributed by atoms with Crippen molar-refractivity contribution in [2.24, 2.45) is 5.73 Å². The molecule has 0 saturated heterocycles. The molecule has 3 N–H and O–H groups in total. The van der Waals surface area contributed by atoms with Gasteiger partial charge in [0, 0.05) is 18.0 Å². The maximum absolute atomic E-state index is 11.9. The first-order valence-electron chi connectivity index (χ1n) is 5.87.